The standard InChI is InChI=1S/C12H16N4O2/c1-18-11-7-3-2-6-10(11)12(17)14-8-4-5-9-15-16-13/h2-3,6-7H,4-5,8-9H2,1H3,(H,14,17). The molecule has 0 heterocycles. The van der Waals surface area contributed by atoms with Crippen molar-refractivity contribution in [2.75, 3.05) is 20.2 Å². The van der Waals surface area contributed by atoms with Crippen LogP contribution in [-0.4, -0.2) is 26.1 Å². The number of carbonyl (C=O) groups excluding carboxylic acids is 1. The number of amides is 1. The lowest BCUT2D eigenvalue weighted by atomic mass is 10.2. The van der Waals surface area contributed by atoms with E-state index in [1.54, 1.807) is 18.2 Å². The molecule has 0 aliphatic carbocycles. The smallest absolute Gasteiger partial charge is 0.255 e. The second-order valence-corrected chi connectivity index (χ2v) is 3.62. The lowest BCUT2D eigenvalue weighted by molar-refractivity contribution is 0.0950. The van der Waals surface area contributed by atoms with Crippen LogP contribution in [0.15, 0.2) is 29.4 Å². The molecule has 0 radical (unpaired) electrons. The number of nitrogens with zero attached hydrogens (tertiary/aromatic N) is 3. The van der Waals surface area contributed by atoms with Crippen LogP contribution in [0.25, 0.3) is 10.4 Å². The lowest BCUT2D eigenvalue weighted by Gasteiger charge is -2.08. The molecule has 0 saturated heterocycles. The fraction of sp³-hybridized carbons (Fsp3) is 0.417. The van der Waals surface area contributed by atoms with Gasteiger partial charge in [-0.3, -0.25) is 4.79 Å². The average Bonchev–Trinajstić information content (AvgIpc) is 2.42. The van der Waals surface area contributed by atoms with Crippen molar-refractivity contribution in [3.8, 4) is 5.75 Å². The number of para-hydroxylation sites is 1. The van der Waals surface area contributed by atoms with Gasteiger partial charge < -0.3 is 10.1 Å². The van der Waals surface area contributed by atoms with Gasteiger partial charge in [-0.2, -0.15) is 0 Å². The van der Waals surface area contributed by atoms with Crippen LogP contribution in [0.1, 0.15) is 23.2 Å². The Labute approximate surface area is 106 Å². The first-order valence-electron chi connectivity index (χ1n) is 5.71. The van der Waals surface area contributed by atoms with E-state index in [0.29, 0.717) is 24.4 Å². The Balaban J connectivity index is 2.38. The maximum absolute atomic E-state index is 11.8. The zero-order valence-electron chi connectivity index (χ0n) is 10.3. The molecule has 0 unspecified atom stereocenters. The fourth-order valence-corrected chi connectivity index (χ4v) is 1.48. The minimum Gasteiger partial charge on any atom is -0.496 e. The van der Waals surface area contributed by atoms with Crippen LogP contribution in [0.4, 0.5) is 0 Å². The van der Waals surface area contributed by atoms with Crippen molar-refractivity contribution in [1.82, 2.24) is 5.32 Å². The van der Waals surface area contributed by atoms with E-state index in [1.165, 1.54) is 7.11 Å². The Morgan fingerprint density at radius 3 is 2.94 bits per heavy atom. The summed E-state index contributed by atoms with van der Waals surface area (Å²) in [5.41, 5.74) is 8.62. The van der Waals surface area contributed by atoms with Gasteiger partial charge >= 0.3 is 0 Å². The highest BCUT2D eigenvalue weighted by Crippen LogP contribution is 2.16. The van der Waals surface area contributed by atoms with Crippen molar-refractivity contribution in [2.24, 2.45) is 5.11 Å². The largest absolute Gasteiger partial charge is 0.496 e. The lowest BCUT2D eigenvalue weighted by Crippen LogP contribution is -2.25. The Hall–Kier alpha value is -2.20. The molecule has 0 aromatic heterocycles. The van der Waals surface area contributed by atoms with E-state index >= 15 is 0 Å². The van der Waals surface area contributed by atoms with Crippen molar-refractivity contribution in [3.05, 3.63) is 40.3 Å². The van der Waals surface area contributed by atoms with E-state index in [-0.39, 0.29) is 5.91 Å². The van der Waals surface area contributed by atoms with Crippen LogP contribution in [0.3, 0.4) is 0 Å². The number of rotatable bonds is 7. The van der Waals surface area contributed by atoms with Crippen molar-refractivity contribution >= 4 is 5.91 Å². The molecule has 6 heteroatoms. The van der Waals surface area contributed by atoms with E-state index in [9.17, 15) is 4.79 Å². The summed E-state index contributed by atoms with van der Waals surface area (Å²) in [6, 6.07) is 7.07. The number of azide groups is 1. The second-order valence-electron chi connectivity index (χ2n) is 3.62. The summed E-state index contributed by atoms with van der Waals surface area (Å²) in [5.74, 6) is 0.403. The zero-order chi connectivity index (χ0) is 13.2. The first-order valence-corrected chi connectivity index (χ1v) is 5.71. The van der Waals surface area contributed by atoms with Gasteiger partial charge in [0, 0.05) is 18.0 Å². The highest BCUT2D eigenvalue weighted by Gasteiger charge is 2.09. The minimum absolute atomic E-state index is 0.156. The van der Waals surface area contributed by atoms with E-state index in [4.69, 9.17) is 10.3 Å². The van der Waals surface area contributed by atoms with Gasteiger partial charge in [-0.1, -0.05) is 17.2 Å². The predicted octanol–water partition coefficient (Wildman–Crippen LogP) is 2.52. The summed E-state index contributed by atoms with van der Waals surface area (Å²) in [6.07, 6.45) is 1.54. The third-order valence-electron chi connectivity index (χ3n) is 2.39. The molecule has 1 N–H and O–H groups in total. The molecular formula is C12H16N4O2. The Morgan fingerprint density at radius 2 is 2.22 bits per heavy atom. The van der Waals surface area contributed by atoms with Gasteiger partial charge in [-0.15, -0.1) is 0 Å². The number of methoxy groups -OCH3 is 1. The Kier molecular flexibility index (Phi) is 6.14. The van der Waals surface area contributed by atoms with Gasteiger partial charge in [0.25, 0.3) is 5.91 Å². The van der Waals surface area contributed by atoms with Gasteiger partial charge in [-0.25, -0.2) is 0 Å². The molecule has 96 valence electrons. The topological polar surface area (TPSA) is 87.1 Å². The summed E-state index contributed by atoms with van der Waals surface area (Å²) in [7, 11) is 1.53. The number of ether oxygens (including phenoxy) is 1. The van der Waals surface area contributed by atoms with Crippen molar-refractivity contribution in [1.29, 1.82) is 0 Å². The quantitative estimate of drug-likeness (QED) is 0.348. The third-order valence-corrected chi connectivity index (χ3v) is 2.39. The summed E-state index contributed by atoms with van der Waals surface area (Å²) < 4.78 is 5.11. The van der Waals surface area contributed by atoms with Crippen LogP contribution in [0.5, 0.6) is 5.75 Å². The molecule has 0 spiro atoms. The molecule has 0 saturated carbocycles. The molecule has 0 aliphatic heterocycles. The predicted molar refractivity (Wildman–Crippen MR) is 68.6 cm³/mol. The molecule has 0 bridgehead atoms. The molecule has 18 heavy (non-hydrogen) atoms. The van der Waals surface area contributed by atoms with Gasteiger partial charge in [0.2, 0.25) is 0 Å². The maximum Gasteiger partial charge on any atom is 0.255 e. The SMILES string of the molecule is COc1ccccc1C(=O)NCCCCN=[N+]=[N-]. The first-order chi connectivity index (χ1) is 8.79. The summed E-state index contributed by atoms with van der Waals surface area (Å²) in [5, 5.41) is 6.22. The van der Waals surface area contributed by atoms with E-state index in [2.05, 4.69) is 15.3 Å². The number of nitrogens with one attached hydrogen (secondary N) is 1. The van der Waals surface area contributed by atoms with Crippen LogP contribution in [0.2, 0.25) is 0 Å². The van der Waals surface area contributed by atoms with E-state index < -0.39 is 0 Å². The number of hydrogen-bond donors (Lipinski definition) is 1. The second kappa shape index (κ2) is 7.97. The molecule has 0 aliphatic rings. The third kappa shape index (κ3) is 4.35. The monoisotopic (exact) mass is 248 g/mol. The average molecular weight is 248 g/mol. The summed E-state index contributed by atoms with van der Waals surface area (Å²) >= 11 is 0. The molecular weight excluding hydrogens is 232 g/mol. The fourth-order valence-electron chi connectivity index (χ4n) is 1.48. The molecule has 0 fully saturated rings. The van der Waals surface area contributed by atoms with E-state index in [0.717, 1.165) is 12.8 Å². The summed E-state index contributed by atoms with van der Waals surface area (Å²) in [6.45, 7) is 1.01. The Bertz CT molecular complexity index is 441. The highest BCUT2D eigenvalue weighted by molar-refractivity contribution is 5.96. The number of hydrogen-bond acceptors (Lipinski definition) is 3. The van der Waals surface area contributed by atoms with Gasteiger partial charge in [-0.05, 0) is 30.5 Å². The first kappa shape index (κ1) is 13.9. The number of benzene rings is 1. The van der Waals surface area contributed by atoms with Crippen LogP contribution in [-0.2, 0) is 0 Å². The molecule has 1 rings (SSSR count). The van der Waals surface area contributed by atoms with Crippen molar-refractivity contribution in [2.45, 2.75) is 12.8 Å². The number of unbranched alkanes of at least 4 members (excludes halogenated alkanes) is 1. The van der Waals surface area contributed by atoms with Crippen LogP contribution in [0, 0.1) is 0 Å². The van der Waals surface area contributed by atoms with Gasteiger partial charge in [0.1, 0.15) is 5.75 Å². The molecule has 1 amide bonds. The minimum atomic E-state index is -0.156. The van der Waals surface area contributed by atoms with Crippen molar-refractivity contribution in [3.63, 3.8) is 0 Å². The Morgan fingerprint density at radius 1 is 1.44 bits per heavy atom. The van der Waals surface area contributed by atoms with Crippen LogP contribution < -0.4 is 10.1 Å². The zero-order valence-corrected chi connectivity index (χ0v) is 10.3. The summed E-state index contributed by atoms with van der Waals surface area (Å²) in [4.78, 5) is 14.5. The molecule has 6 nitrogen and oxygen atoms in total. The van der Waals surface area contributed by atoms with Gasteiger partial charge in [0.05, 0.1) is 12.7 Å². The van der Waals surface area contributed by atoms with E-state index in [1.807, 2.05) is 6.07 Å². The normalized spacial score (nSPS) is 9.39. The van der Waals surface area contributed by atoms with Gasteiger partial charge in [0.15, 0.2) is 0 Å². The van der Waals surface area contributed by atoms with Crippen molar-refractivity contribution < 1.29 is 9.53 Å². The molecule has 1 aromatic rings. The highest BCUT2D eigenvalue weighted by atomic mass is 16.5. The molecule has 1 aromatic carbocycles. The van der Waals surface area contributed by atoms with Crippen LogP contribution >= 0.6 is 0 Å². The molecule has 0 atom stereocenters. The number of carbonyl (C=O) groups is 1. The maximum atomic E-state index is 11.8.